The second-order valence-corrected chi connectivity index (χ2v) is 4.56. The molecular weight excluding hydrogens is 188 g/mol. The molecule has 0 saturated carbocycles. The van der Waals surface area contributed by atoms with Gasteiger partial charge in [0.05, 0.1) is 6.61 Å². The smallest absolute Gasteiger partial charge is 0.0587 e. The molecule has 3 nitrogen and oxygen atoms in total. The molecule has 0 aliphatic heterocycles. The maximum Gasteiger partial charge on any atom is 0.0587 e. The number of rotatable bonds is 9. The Morgan fingerprint density at radius 3 is 2.40 bits per heavy atom. The van der Waals surface area contributed by atoms with Crippen molar-refractivity contribution in [2.75, 3.05) is 40.4 Å². The van der Waals surface area contributed by atoms with E-state index in [4.69, 9.17) is 4.74 Å². The molecule has 1 unspecified atom stereocenters. The minimum atomic E-state index is 0.670. The first-order valence-electron chi connectivity index (χ1n) is 5.99. The van der Waals surface area contributed by atoms with E-state index in [9.17, 15) is 0 Å². The van der Waals surface area contributed by atoms with Gasteiger partial charge in [0.1, 0.15) is 0 Å². The van der Waals surface area contributed by atoms with Crippen LogP contribution < -0.4 is 5.32 Å². The molecular formula is C12H28N2O. The highest BCUT2D eigenvalue weighted by Gasteiger charge is 2.11. The van der Waals surface area contributed by atoms with Gasteiger partial charge in [-0.2, -0.15) is 0 Å². The van der Waals surface area contributed by atoms with Crippen molar-refractivity contribution in [1.29, 1.82) is 0 Å². The van der Waals surface area contributed by atoms with Crippen LogP contribution in [0.2, 0.25) is 0 Å². The van der Waals surface area contributed by atoms with Crippen LogP contribution in [0.3, 0.4) is 0 Å². The monoisotopic (exact) mass is 216 g/mol. The van der Waals surface area contributed by atoms with E-state index in [-0.39, 0.29) is 0 Å². The zero-order valence-electron chi connectivity index (χ0n) is 11.0. The Morgan fingerprint density at radius 2 is 1.87 bits per heavy atom. The zero-order chi connectivity index (χ0) is 11.7. The van der Waals surface area contributed by atoms with Crippen LogP contribution in [-0.4, -0.2) is 51.3 Å². The van der Waals surface area contributed by atoms with Gasteiger partial charge in [-0.05, 0) is 39.4 Å². The summed E-state index contributed by atoms with van der Waals surface area (Å²) in [4.78, 5) is 2.43. The number of hydrogen-bond acceptors (Lipinski definition) is 3. The molecule has 0 radical (unpaired) electrons. The van der Waals surface area contributed by atoms with Crippen molar-refractivity contribution in [3.8, 4) is 0 Å². The van der Waals surface area contributed by atoms with Crippen molar-refractivity contribution < 1.29 is 4.74 Å². The Labute approximate surface area is 95.2 Å². The lowest BCUT2D eigenvalue weighted by Crippen LogP contribution is -2.35. The second kappa shape index (κ2) is 9.13. The van der Waals surface area contributed by atoms with E-state index >= 15 is 0 Å². The van der Waals surface area contributed by atoms with E-state index in [0.29, 0.717) is 6.04 Å². The molecule has 0 bridgehead atoms. The number of methoxy groups -OCH3 is 1. The standard InChI is InChI=1S/C12H28N2O/c1-11(2)12(3)14(4)9-6-7-13-8-10-15-5/h11-13H,6-10H2,1-5H3. The lowest BCUT2D eigenvalue weighted by molar-refractivity contribution is 0.193. The van der Waals surface area contributed by atoms with Gasteiger partial charge in [-0.15, -0.1) is 0 Å². The summed E-state index contributed by atoms with van der Waals surface area (Å²) in [5, 5.41) is 3.36. The molecule has 0 aromatic carbocycles. The Hall–Kier alpha value is -0.120. The summed E-state index contributed by atoms with van der Waals surface area (Å²) in [6.45, 7) is 10.9. The Bertz CT molecular complexity index is 140. The molecule has 0 spiro atoms. The van der Waals surface area contributed by atoms with E-state index in [1.807, 2.05) is 0 Å². The van der Waals surface area contributed by atoms with Gasteiger partial charge in [0.25, 0.3) is 0 Å². The van der Waals surface area contributed by atoms with Crippen LogP contribution in [0.4, 0.5) is 0 Å². The van der Waals surface area contributed by atoms with Gasteiger partial charge in [-0.1, -0.05) is 13.8 Å². The van der Waals surface area contributed by atoms with Gasteiger partial charge in [0, 0.05) is 19.7 Å². The molecule has 0 aliphatic rings. The zero-order valence-corrected chi connectivity index (χ0v) is 11.0. The predicted molar refractivity (Wildman–Crippen MR) is 66.3 cm³/mol. The largest absolute Gasteiger partial charge is 0.383 e. The molecule has 0 fully saturated rings. The number of nitrogens with one attached hydrogen (secondary N) is 1. The number of ether oxygens (including phenoxy) is 1. The summed E-state index contributed by atoms with van der Waals surface area (Å²) in [7, 11) is 3.94. The molecule has 1 N–H and O–H groups in total. The molecule has 0 amide bonds. The van der Waals surface area contributed by atoms with Crippen LogP contribution in [0.5, 0.6) is 0 Å². The highest BCUT2D eigenvalue weighted by atomic mass is 16.5. The van der Waals surface area contributed by atoms with Gasteiger partial charge in [0.15, 0.2) is 0 Å². The van der Waals surface area contributed by atoms with E-state index in [0.717, 1.165) is 25.6 Å². The van der Waals surface area contributed by atoms with E-state index in [1.165, 1.54) is 13.0 Å². The molecule has 0 aliphatic carbocycles. The third-order valence-electron chi connectivity index (χ3n) is 3.01. The SMILES string of the molecule is COCCNCCCN(C)C(C)C(C)C. The fraction of sp³-hybridized carbons (Fsp3) is 1.00. The van der Waals surface area contributed by atoms with Gasteiger partial charge < -0.3 is 15.0 Å². The highest BCUT2D eigenvalue weighted by Crippen LogP contribution is 2.07. The first-order valence-corrected chi connectivity index (χ1v) is 5.99. The Balaban J connectivity index is 3.34. The minimum Gasteiger partial charge on any atom is -0.383 e. The van der Waals surface area contributed by atoms with E-state index < -0.39 is 0 Å². The topological polar surface area (TPSA) is 24.5 Å². The maximum atomic E-state index is 4.97. The summed E-state index contributed by atoms with van der Waals surface area (Å²) in [6.07, 6.45) is 1.21. The van der Waals surface area contributed by atoms with Gasteiger partial charge >= 0.3 is 0 Å². The van der Waals surface area contributed by atoms with Crippen molar-refractivity contribution in [3.05, 3.63) is 0 Å². The van der Waals surface area contributed by atoms with Crippen molar-refractivity contribution in [1.82, 2.24) is 10.2 Å². The molecule has 0 rings (SSSR count). The molecule has 1 atom stereocenters. The van der Waals surface area contributed by atoms with Gasteiger partial charge in [-0.3, -0.25) is 0 Å². The van der Waals surface area contributed by atoms with Crippen molar-refractivity contribution in [3.63, 3.8) is 0 Å². The molecule has 0 heterocycles. The molecule has 0 aromatic rings. The first-order chi connectivity index (χ1) is 7.09. The van der Waals surface area contributed by atoms with Crippen LogP contribution in [0, 0.1) is 5.92 Å². The maximum absolute atomic E-state index is 4.97. The van der Waals surface area contributed by atoms with Crippen LogP contribution in [0.15, 0.2) is 0 Å². The van der Waals surface area contributed by atoms with Crippen LogP contribution in [0.1, 0.15) is 27.2 Å². The van der Waals surface area contributed by atoms with E-state index in [1.54, 1.807) is 7.11 Å². The lowest BCUT2D eigenvalue weighted by atomic mass is 10.1. The predicted octanol–water partition coefficient (Wildman–Crippen LogP) is 1.59. The van der Waals surface area contributed by atoms with Crippen molar-refractivity contribution >= 4 is 0 Å². The van der Waals surface area contributed by atoms with Crippen molar-refractivity contribution in [2.24, 2.45) is 5.92 Å². The number of nitrogens with zero attached hydrogens (tertiary/aromatic N) is 1. The summed E-state index contributed by atoms with van der Waals surface area (Å²) in [5.41, 5.74) is 0. The van der Waals surface area contributed by atoms with E-state index in [2.05, 4.69) is 38.0 Å². The molecule has 0 aromatic heterocycles. The molecule has 0 saturated heterocycles. The fourth-order valence-electron chi connectivity index (χ4n) is 1.47. The third kappa shape index (κ3) is 7.77. The van der Waals surface area contributed by atoms with Crippen LogP contribution in [-0.2, 0) is 4.74 Å². The minimum absolute atomic E-state index is 0.670. The quantitative estimate of drug-likeness (QED) is 0.592. The summed E-state index contributed by atoms with van der Waals surface area (Å²) in [5.74, 6) is 0.733. The molecule has 3 heteroatoms. The van der Waals surface area contributed by atoms with Gasteiger partial charge in [-0.25, -0.2) is 0 Å². The Morgan fingerprint density at radius 1 is 1.20 bits per heavy atom. The summed E-state index contributed by atoms with van der Waals surface area (Å²) >= 11 is 0. The van der Waals surface area contributed by atoms with Gasteiger partial charge in [0.2, 0.25) is 0 Å². The number of hydrogen-bond donors (Lipinski definition) is 1. The van der Waals surface area contributed by atoms with Crippen molar-refractivity contribution in [2.45, 2.75) is 33.2 Å². The summed E-state index contributed by atoms with van der Waals surface area (Å²) < 4.78 is 4.97. The second-order valence-electron chi connectivity index (χ2n) is 4.56. The fourth-order valence-corrected chi connectivity index (χ4v) is 1.47. The molecule has 15 heavy (non-hydrogen) atoms. The molecule has 92 valence electrons. The average Bonchev–Trinajstić information content (AvgIpc) is 2.21. The lowest BCUT2D eigenvalue weighted by Gasteiger charge is -2.27. The third-order valence-corrected chi connectivity index (χ3v) is 3.01. The first kappa shape index (κ1) is 14.9. The Kier molecular flexibility index (Phi) is 9.06. The highest BCUT2D eigenvalue weighted by molar-refractivity contribution is 4.66. The summed E-state index contributed by atoms with van der Waals surface area (Å²) in [6, 6.07) is 0.670. The van der Waals surface area contributed by atoms with Crippen LogP contribution >= 0.6 is 0 Å². The van der Waals surface area contributed by atoms with Crippen LogP contribution in [0.25, 0.3) is 0 Å². The average molecular weight is 216 g/mol. The normalized spacial score (nSPS) is 13.8.